The lowest BCUT2D eigenvalue weighted by Gasteiger charge is -2.57. The minimum absolute atomic E-state index is 0.130. The topological polar surface area (TPSA) is 29.1 Å². The van der Waals surface area contributed by atoms with E-state index in [9.17, 15) is 4.79 Å². The Labute approximate surface area is 157 Å². The summed E-state index contributed by atoms with van der Waals surface area (Å²) in [4.78, 5) is 12.0. The van der Waals surface area contributed by atoms with Crippen molar-refractivity contribution in [3.63, 3.8) is 0 Å². The van der Waals surface area contributed by atoms with Gasteiger partial charge in [0.15, 0.2) is 5.78 Å². The first-order valence-corrected chi connectivity index (χ1v) is 10.7. The van der Waals surface area contributed by atoms with Crippen LogP contribution >= 0.6 is 12.6 Å². The van der Waals surface area contributed by atoms with Crippen LogP contribution in [0, 0.1) is 28.6 Å². The van der Waals surface area contributed by atoms with E-state index in [1.807, 2.05) is 12.2 Å². The summed E-state index contributed by atoms with van der Waals surface area (Å²) in [7, 11) is 0. The quantitative estimate of drug-likeness (QED) is 0.555. The standard InChI is InChI=1S/C22H31NOS/c1-20-9-7-15(24)13-14(20)3-4-16-17-5-6-19(23-22(25)11-12-22)21(17,2)10-8-18(16)20/h7,9,13,16-19,23,25H,3-6,8,10-12H2,1-2H3/t16?,17?,18?,19-,20-,21-/m0/s1. The fourth-order valence-corrected chi connectivity index (χ4v) is 7.29. The van der Waals surface area contributed by atoms with Crippen LogP contribution in [0.4, 0.5) is 0 Å². The Bertz CT molecular complexity index is 678. The molecule has 0 aromatic heterocycles. The van der Waals surface area contributed by atoms with Crippen LogP contribution in [0.2, 0.25) is 0 Å². The maximum absolute atomic E-state index is 11.9. The predicted molar refractivity (Wildman–Crippen MR) is 104 cm³/mol. The SMILES string of the molecule is C[C@]12C=CC(=O)C=C1CCC1C2CC[C@@]2(C)C1CC[C@@H]2NC1(S)CC1. The third kappa shape index (κ3) is 2.37. The van der Waals surface area contributed by atoms with Crippen molar-refractivity contribution < 1.29 is 4.79 Å². The first kappa shape index (κ1) is 16.6. The van der Waals surface area contributed by atoms with E-state index in [0.29, 0.717) is 11.5 Å². The first-order valence-electron chi connectivity index (χ1n) is 10.3. The minimum Gasteiger partial charge on any atom is -0.300 e. The van der Waals surface area contributed by atoms with Crippen molar-refractivity contribution in [1.29, 1.82) is 0 Å². The van der Waals surface area contributed by atoms with Gasteiger partial charge in [-0.2, -0.15) is 12.6 Å². The van der Waals surface area contributed by atoms with Gasteiger partial charge < -0.3 is 0 Å². The van der Waals surface area contributed by atoms with Crippen LogP contribution in [0.1, 0.15) is 65.2 Å². The summed E-state index contributed by atoms with van der Waals surface area (Å²) in [5.41, 5.74) is 1.97. The van der Waals surface area contributed by atoms with E-state index < -0.39 is 0 Å². The molecule has 0 spiro atoms. The first-order chi connectivity index (χ1) is 11.8. The van der Waals surface area contributed by atoms with Crippen molar-refractivity contribution >= 4 is 18.4 Å². The highest BCUT2D eigenvalue weighted by Gasteiger charge is 2.59. The Balaban J connectivity index is 1.43. The molecule has 1 N–H and O–H groups in total. The van der Waals surface area contributed by atoms with Crippen LogP contribution in [-0.4, -0.2) is 16.7 Å². The molecular formula is C22H31NOS. The van der Waals surface area contributed by atoms with Crippen LogP contribution < -0.4 is 5.32 Å². The molecule has 0 amide bonds. The van der Waals surface area contributed by atoms with Crippen molar-refractivity contribution in [2.45, 2.75) is 76.1 Å². The molecule has 4 saturated carbocycles. The summed E-state index contributed by atoms with van der Waals surface area (Å²) in [6.07, 6.45) is 16.2. The van der Waals surface area contributed by atoms with Crippen molar-refractivity contribution in [3.05, 3.63) is 23.8 Å². The van der Waals surface area contributed by atoms with Gasteiger partial charge in [-0.15, -0.1) is 0 Å². The average molecular weight is 358 g/mol. The van der Waals surface area contributed by atoms with Gasteiger partial charge in [-0.1, -0.05) is 25.5 Å². The molecule has 0 radical (unpaired) electrons. The van der Waals surface area contributed by atoms with Crippen LogP contribution in [0.25, 0.3) is 0 Å². The zero-order valence-electron chi connectivity index (χ0n) is 15.6. The van der Waals surface area contributed by atoms with Gasteiger partial charge in [0.2, 0.25) is 0 Å². The van der Waals surface area contributed by atoms with Crippen LogP contribution in [0.5, 0.6) is 0 Å². The normalized spacial score (nSPS) is 49.9. The summed E-state index contributed by atoms with van der Waals surface area (Å²) in [5, 5.41) is 3.93. The summed E-state index contributed by atoms with van der Waals surface area (Å²) in [6.45, 7) is 4.96. The van der Waals surface area contributed by atoms with Gasteiger partial charge in [0.25, 0.3) is 0 Å². The zero-order valence-corrected chi connectivity index (χ0v) is 16.4. The van der Waals surface area contributed by atoms with Crippen molar-refractivity contribution in [1.82, 2.24) is 5.32 Å². The maximum atomic E-state index is 11.9. The maximum Gasteiger partial charge on any atom is 0.178 e. The molecule has 3 heteroatoms. The number of rotatable bonds is 2. The molecule has 5 aliphatic carbocycles. The fourth-order valence-electron chi connectivity index (χ4n) is 7.02. The number of hydrogen-bond donors (Lipinski definition) is 2. The van der Waals surface area contributed by atoms with Crippen LogP contribution in [-0.2, 0) is 4.79 Å². The van der Waals surface area contributed by atoms with Gasteiger partial charge in [0.1, 0.15) is 0 Å². The largest absolute Gasteiger partial charge is 0.300 e. The lowest BCUT2D eigenvalue weighted by atomic mass is 9.48. The van der Waals surface area contributed by atoms with E-state index in [4.69, 9.17) is 12.6 Å². The van der Waals surface area contributed by atoms with E-state index in [0.717, 1.165) is 24.2 Å². The number of nitrogens with one attached hydrogen (secondary N) is 1. The molecule has 5 aliphatic rings. The predicted octanol–water partition coefficient (Wildman–Crippen LogP) is 4.67. The Hall–Kier alpha value is -0.540. The number of ketones is 1. The van der Waals surface area contributed by atoms with Crippen LogP contribution in [0.15, 0.2) is 23.8 Å². The van der Waals surface area contributed by atoms with E-state index in [-0.39, 0.29) is 16.1 Å². The highest BCUT2D eigenvalue weighted by Crippen LogP contribution is 2.64. The van der Waals surface area contributed by atoms with Gasteiger partial charge >= 0.3 is 0 Å². The minimum atomic E-state index is 0.130. The molecule has 2 nitrogen and oxygen atoms in total. The molecule has 0 bridgehead atoms. The molecule has 136 valence electrons. The van der Waals surface area contributed by atoms with Gasteiger partial charge in [-0.3, -0.25) is 10.1 Å². The number of allylic oxidation sites excluding steroid dienone is 4. The number of thiol groups is 1. The Kier molecular flexibility index (Phi) is 3.49. The van der Waals surface area contributed by atoms with Gasteiger partial charge in [0.05, 0.1) is 4.87 Å². The summed E-state index contributed by atoms with van der Waals surface area (Å²) >= 11 is 4.85. The Morgan fingerprint density at radius 1 is 1.08 bits per heavy atom. The zero-order chi connectivity index (χ0) is 17.4. The Morgan fingerprint density at radius 2 is 1.88 bits per heavy atom. The second-order valence-electron chi connectivity index (χ2n) is 9.95. The molecule has 3 unspecified atom stereocenters. The molecule has 0 aromatic rings. The van der Waals surface area contributed by atoms with E-state index in [2.05, 4.69) is 25.2 Å². The molecule has 0 saturated heterocycles. The smallest absolute Gasteiger partial charge is 0.178 e. The third-order valence-corrected chi connectivity index (χ3v) is 9.30. The molecule has 0 heterocycles. The van der Waals surface area contributed by atoms with Crippen molar-refractivity contribution in [2.75, 3.05) is 0 Å². The summed E-state index contributed by atoms with van der Waals surface area (Å²) in [5.74, 6) is 2.57. The number of hydrogen-bond acceptors (Lipinski definition) is 3. The number of carbonyl (C=O) groups is 1. The summed E-state index contributed by atoms with van der Waals surface area (Å²) < 4.78 is 0. The van der Waals surface area contributed by atoms with Crippen LogP contribution in [0.3, 0.4) is 0 Å². The lowest BCUT2D eigenvalue weighted by Crippen LogP contribution is -2.54. The number of carbonyl (C=O) groups excluding carboxylic acids is 1. The second kappa shape index (κ2) is 5.25. The van der Waals surface area contributed by atoms with Crippen molar-refractivity contribution in [3.8, 4) is 0 Å². The molecule has 0 aliphatic heterocycles. The molecule has 0 aromatic carbocycles. The van der Waals surface area contributed by atoms with Crippen molar-refractivity contribution in [2.24, 2.45) is 28.6 Å². The van der Waals surface area contributed by atoms with Gasteiger partial charge in [-0.25, -0.2) is 0 Å². The number of fused-ring (bicyclic) bond motifs is 5. The molecule has 25 heavy (non-hydrogen) atoms. The second-order valence-corrected chi connectivity index (χ2v) is 10.8. The molecular weight excluding hydrogens is 326 g/mol. The third-order valence-electron chi connectivity index (χ3n) is 8.72. The highest BCUT2D eigenvalue weighted by molar-refractivity contribution is 7.82. The van der Waals surface area contributed by atoms with E-state index in [1.54, 1.807) is 0 Å². The molecule has 5 rings (SSSR count). The van der Waals surface area contributed by atoms with E-state index >= 15 is 0 Å². The monoisotopic (exact) mass is 357 g/mol. The fraction of sp³-hybridized carbons (Fsp3) is 0.773. The average Bonchev–Trinajstić information content (AvgIpc) is 3.21. The lowest BCUT2D eigenvalue weighted by molar-refractivity contribution is -0.111. The molecule has 4 fully saturated rings. The van der Waals surface area contributed by atoms with Gasteiger partial charge in [0, 0.05) is 11.5 Å². The van der Waals surface area contributed by atoms with E-state index in [1.165, 1.54) is 50.5 Å². The highest BCUT2D eigenvalue weighted by atomic mass is 32.1. The van der Waals surface area contributed by atoms with Gasteiger partial charge in [-0.05, 0) is 86.7 Å². The Morgan fingerprint density at radius 3 is 2.64 bits per heavy atom. The molecule has 6 atom stereocenters. The summed E-state index contributed by atoms with van der Waals surface area (Å²) in [6, 6.07) is 0.645.